The lowest BCUT2D eigenvalue weighted by Gasteiger charge is -2.29. The van der Waals surface area contributed by atoms with E-state index in [1.807, 2.05) is 0 Å². The number of nitrogens with two attached hydrogens (primary N) is 1. The Morgan fingerprint density at radius 1 is 1.42 bits per heavy atom. The van der Waals surface area contributed by atoms with E-state index in [1.54, 1.807) is 11.4 Å². The van der Waals surface area contributed by atoms with Crippen LogP contribution >= 0.6 is 11.3 Å². The Morgan fingerprint density at radius 3 is 2.33 bits per heavy atom. The van der Waals surface area contributed by atoms with Gasteiger partial charge in [-0.15, -0.1) is 11.3 Å². The van der Waals surface area contributed by atoms with Gasteiger partial charge in [-0.2, -0.15) is 8.78 Å². The van der Waals surface area contributed by atoms with Crippen LogP contribution in [0, 0.1) is 0 Å². The monoisotopic (exact) mass is 191 g/mol. The first-order valence-corrected chi connectivity index (χ1v) is 4.44. The molecular weight excluding hydrogens is 180 g/mol. The van der Waals surface area contributed by atoms with E-state index in [4.69, 9.17) is 5.73 Å². The molecule has 0 saturated heterocycles. The first-order chi connectivity index (χ1) is 5.36. The highest BCUT2D eigenvalue weighted by Crippen LogP contribution is 2.39. The molecule has 0 spiro atoms. The predicted molar refractivity (Wildman–Crippen MR) is 46.5 cm³/mol. The van der Waals surface area contributed by atoms with Gasteiger partial charge in [0, 0.05) is 0 Å². The summed E-state index contributed by atoms with van der Waals surface area (Å²) >= 11 is 1.03. The summed E-state index contributed by atoms with van der Waals surface area (Å²) in [5.41, 5.74) is 3.86. The molecule has 0 aliphatic carbocycles. The molecule has 68 valence electrons. The molecule has 0 amide bonds. The Bertz CT molecular complexity index is 249. The second-order valence-corrected chi connectivity index (χ2v) is 4.22. The quantitative estimate of drug-likeness (QED) is 0.764. The average molecular weight is 191 g/mol. The fourth-order valence-corrected chi connectivity index (χ4v) is 1.65. The van der Waals surface area contributed by atoms with Gasteiger partial charge in [0.25, 0.3) is 5.92 Å². The van der Waals surface area contributed by atoms with Crippen LogP contribution in [0.25, 0.3) is 0 Å². The van der Waals surface area contributed by atoms with Gasteiger partial charge < -0.3 is 5.73 Å². The Balaban J connectivity index is 3.02. The molecule has 12 heavy (non-hydrogen) atoms. The zero-order chi connectivity index (χ0) is 9.41. The molecule has 1 heterocycles. The van der Waals surface area contributed by atoms with Crippen molar-refractivity contribution in [3.8, 4) is 0 Å². The number of hydrogen-bond donors (Lipinski definition) is 1. The number of rotatable bonds is 2. The summed E-state index contributed by atoms with van der Waals surface area (Å²) in [6.45, 7) is 2.65. The van der Waals surface area contributed by atoms with E-state index in [2.05, 4.69) is 0 Å². The summed E-state index contributed by atoms with van der Waals surface area (Å²) in [5, 5.41) is 1.62. The summed E-state index contributed by atoms with van der Waals surface area (Å²) in [5.74, 6) is -2.94. The third kappa shape index (κ3) is 1.49. The maximum absolute atomic E-state index is 13.4. The zero-order valence-electron chi connectivity index (χ0n) is 6.97. The number of thiophene rings is 1. The van der Waals surface area contributed by atoms with Crippen molar-refractivity contribution in [2.75, 3.05) is 0 Å². The summed E-state index contributed by atoms with van der Waals surface area (Å²) in [4.78, 5) is 0.0231. The van der Waals surface area contributed by atoms with Crippen molar-refractivity contribution in [2.45, 2.75) is 25.3 Å². The highest BCUT2D eigenvalue weighted by atomic mass is 32.1. The molecule has 0 fully saturated rings. The second-order valence-electron chi connectivity index (χ2n) is 3.27. The molecule has 0 unspecified atom stereocenters. The topological polar surface area (TPSA) is 26.0 Å². The standard InChI is InChI=1S/C8H11F2NS/c1-7(2,11)8(9,10)6-4-3-5-12-6/h3-5H,11H2,1-2H3. The third-order valence-electron chi connectivity index (χ3n) is 1.64. The van der Waals surface area contributed by atoms with E-state index in [0.29, 0.717) is 0 Å². The summed E-state index contributed by atoms with van der Waals surface area (Å²) in [7, 11) is 0. The van der Waals surface area contributed by atoms with E-state index < -0.39 is 11.5 Å². The van der Waals surface area contributed by atoms with Crippen LogP contribution in [-0.4, -0.2) is 5.54 Å². The van der Waals surface area contributed by atoms with E-state index in [-0.39, 0.29) is 4.88 Å². The van der Waals surface area contributed by atoms with Crippen molar-refractivity contribution in [1.29, 1.82) is 0 Å². The van der Waals surface area contributed by atoms with Gasteiger partial charge in [0.05, 0.1) is 10.4 Å². The van der Waals surface area contributed by atoms with Gasteiger partial charge >= 0.3 is 0 Å². The van der Waals surface area contributed by atoms with Crippen molar-refractivity contribution in [3.05, 3.63) is 22.4 Å². The minimum Gasteiger partial charge on any atom is -0.320 e. The predicted octanol–water partition coefficient (Wildman–Crippen LogP) is 2.58. The van der Waals surface area contributed by atoms with Crippen molar-refractivity contribution in [3.63, 3.8) is 0 Å². The molecule has 1 nitrogen and oxygen atoms in total. The highest BCUT2D eigenvalue weighted by Gasteiger charge is 2.46. The van der Waals surface area contributed by atoms with Gasteiger partial charge in [0.1, 0.15) is 0 Å². The van der Waals surface area contributed by atoms with Crippen LogP contribution in [0.4, 0.5) is 8.78 Å². The van der Waals surface area contributed by atoms with Crippen LogP contribution in [-0.2, 0) is 5.92 Å². The molecule has 0 aromatic carbocycles. The van der Waals surface area contributed by atoms with Gasteiger partial charge in [-0.3, -0.25) is 0 Å². The first kappa shape index (κ1) is 9.61. The molecule has 1 rings (SSSR count). The van der Waals surface area contributed by atoms with Crippen molar-refractivity contribution in [2.24, 2.45) is 5.73 Å². The smallest absolute Gasteiger partial charge is 0.299 e. The van der Waals surface area contributed by atoms with Crippen LogP contribution in [0.1, 0.15) is 18.7 Å². The number of alkyl halides is 2. The van der Waals surface area contributed by atoms with E-state index in [9.17, 15) is 8.78 Å². The van der Waals surface area contributed by atoms with Crippen LogP contribution < -0.4 is 5.73 Å². The molecule has 0 aliphatic rings. The largest absolute Gasteiger partial charge is 0.320 e. The Morgan fingerprint density at radius 2 is 2.00 bits per heavy atom. The Hall–Kier alpha value is -0.480. The molecule has 0 radical (unpaired) electrons. The van der Waals surface area contributed by atoms with Gasteiger partial charge in [-0.25, -0.2) is 0 Å². The molecule has 0 atom stereocenters. The number of hydrogen-bond acceptors (Lipinski definition) is 2. The van der Waals surface area contributed by atoms with Crippen molar-refractivity contribution < 1.29 is 8.78 Å². The van der Waals surface area contributed by atoms with Crippen LogP contribution in [0.2, 0.25) is 0 Å². The average Bonchev–Trinajstić information content (AvgIpc) is 2.34. The molecule has 2 N–H and O–H groups in total. The first-order valence-electron chi connectivity index (χ1n) is 3.56. The molecule has 1 aromatic rings. The molecule has 1 aromatic heterocycles. The zero-order valence-corrected chi connectivity index (χ0v) is 7.79. The van der Waals surface area contributed by atoms with E-state index >= 15 is 0 Å². The molecule has 0 aliphatic heterocycles. The van der Waals surface area contributed by atoms with Crippen molar-refractivity contribution in [1.82, 2.24) is 0 Å². The van der Waals surface area contributed by atoms with E-state index in [0.717, 1.165) is 11.3 Å². The summed E-state index contributed by atoms with van der Waals surface area (Å²) in [6.07, 6.45) is 0. The third-order valence-corrected chi connectivity index (χ3v) is 2.58. The molecular formula is C8H11F2NS. The molecule has 0 saturated carbocycles. The van der Waals surface area contributed by atoms with Gasteiger partial charge in [0.15, 0.2) is 0 Å². The van der Waals surface area contributed by atoms with Gasteiger partial charge in [0.2, 0.25) is 0 Å². The van der Waals surface area contributed by atoms with Crippen molar-refractivity contribution >= 4 is 11.3 Å². The van der Waals surface area contributed by atoms with Crippen LogP contribution in [0.3, 0.4) is 0 Å². The normalized spacial score (nSPS) is 13.4. The summed E-state index contributed by atoms with van der Waals surface area (Å²) in [6, 6.07) is 3.00. The fourth-order valence-electron chi connectivity index (χ4n) is 0.775. The van der Waals surface area contributed by atoms with E-state index in [1.165, 1.54) is 19.9 Å². The maximum Gasteiger partial charge on any atom is 0.299 e. The van der Waals surface area contributed by atoms with Gasteiger partial charge in [-0.05, 0) is 25.3 Å². The van der Waals surface area contributed by atoms with Gasteiger partial charge in [-0.1, -0.05) is 6.07 Å². The SMILES string of the molecule is CC(C)(N)C(F)(F)c1cccs1. The van der Waals surface area contributed by atoms with Crippen LogP contribution in [0.5, 0.6) is 0 Å². The number of halogens is 2. The minimum atomic E-state index is -2.94. The minimum absolute atomic E-state index is 0.0231. The molecule has 0 bridgehead atoms. The summed E-state index contributed by atoms with van der Waals surface area (Å²) < 4.78 is 26.8. The van der Waals surface area contributed by atoms with Crippen LogP contribution in [0.15, 0.2) is 17.5 Å². The maximum atomic E-state index is 13.4. The lowest BCUT2D eigenvalue weighted by atomic mass is 9.96. The fraction of sp³-hybridized carbons (Fsp3) is 0.500. The molecule has 4 heteroatoms. The highest BCUT2D eigenvalue weighted by molar-refractivity contribution is 7.10. The Kier molecular flexibility index (Phi) is 2.23. The second kappa shape index (κ2) is 2.78. The lowest BCUT2D eigenvalue weighted by molar-refractivity contribution is -0.0638. The lowest BCUT2D eigenvalue weighted by Crippen LogP contribution is -2.48. The Labute approximate surface area is 74.2 Å².